The molecular formula is C28H27ClF3N5O4. The summed E-state index contributed by atoms with van der Waals surface area (Å²) in [6.45, 7) is 0.297. The molecule has 41 heavy (non-hydrogen) atoms. The van der Waals surface area contributed by atoms with E-state index in [4.69, 9.17) is 21.4 Å². The second-order valence-electron chi connectivity index (χ2n) is 9.86. The quantitative estimate of drug-likeness (QED) is 0.293. The van der Waals surface area contributed by atoms with Crippen LogP contribution in [-0.4, -0.2) is 49.4 Å². The van der Waals surface area contributed by atoms with Gasteiger partial charge in [0, 0.05) is 18.8 Å². The highest BCUT2D eigenvalue weighted by atomic mass is 35.5. The zero-order chi connectivity index (χ0) is 29.1. The number of benzene rings is 1. The lowest BCUT2D eigenvalue weighted by Gasteiger charge is -2.29. The lowest BCUT2D eigenvalue weighted by Crippen LogP contribution is -2.39. The fraction of sp³-hybridized carbons (Fsp3) is 0.357. The third-order valence-electron chi connectivity index (χ3n) is 7.16. The average Bonchev–Trinajstić information content (AvgIpc) is 3.23. The van der Waals surface area contributed by atoms with E-state index in [1.165, 1.54) is 39.6 Å². The van der Waals surface area contributed by atoms with Gasteiger partial charge in [-0.3, -0.25) is 14.3 Å². The third kappa shape index (κ3) is 6.23. The molecule has 0 aliphatic heterocycles. The van der Waals surface area contributed by atoms with Crippen LogP contribution in [0.15, 0.2) is 53.6 Å². The molecule has 1 aromatic carbocycles. The Kier molecular flexibility index (Phi) is 8.60. The second-order valence-corrected chi connectivity index (χ2v) is 10.3. The maximum Gasteiger partial charge on any atom is 0.334 e. The van der Waals surface area contributed by atoms with Crippen molar-refractivity contribution in [3.63, 3.8) is 0 Å². The molecule has 0 spiro atoms. The third-order valence-corrected chi connectivity index (χ3v) is 7.37. The molecule has 216 valence electrons. The van der Waals surface area contributed by atoms with Crippen LogP contribution in [0.4, 0.5) is 13.2 Å². The number of imidazole rings is 1. The van der Waals surface area contributed by atoms with Crippen LogP contribution in [-0.2, 0) is 6.54 Å². The first-order valence-electron chi connectivity index (χ1n) is 13.1. The van der Waals surface area contributed by atoms with Crippen LogP contribution < -0.4 is 15.7 Å². The molecule has 0 unspecified atom stereocenters. The molecule has 5 rings (SSSR count). The molecule has 2 N–H and O–H groups in total. The Hall–Kier alpha value is -3.90. The summed E-state index contributed by atoms with van der Waals surface area (Å²) in [7, 11) is 0. The largest absolute Gasteiger partial charge is 0.490 e. The first-order valence-corrected chi connectivity index (χ1v) is 13.5. The average molecular weight is 590 g/mol. The fourth-order valence-electron chi connectivity index (χ4n) is 5.20. The molecule has 3 heterocycles. The first kappa shape index (κ1) is 28.6. The van der Waals surface area contributed by atoms with Crippen molar-refractivity contribution in [2.75, 3.05) is 13.2 Å². The van der Waals surface area contributed by atoms with Gasteiger partial charge in [0.05, 0.1) is 34.4 Å². The number of nitrogens with zero attached hydrogens (tertiary/aromatic N) is 4. The second kappa shape index (κ2) is 12.3. The van der Waals surface area contributed by atoms with E-state index in [-0.39, 0.29) is 41.4 Å². The minimum absolute atomic E-state index is 0.0647. The minimum atomic E-state index is -2.92. The van der Waals surface area contributed by atoms with Crippen LogP contribution in [0.25, 0.3) is 16.9 Å². The Labute approximate surface area is 237 Å². The molecule has 1 amide bonds. The number of hydrogen-bond acceptors (Lipinski definition) is 6. The Morgan fingerprint density at radius 3 is 2.56 bits per heavy atom. The fourth-order valence-corrected chi connectivity index (χ4v) is 5.35. The summed E-state index contributed by atoms with van der Waals surface area (Å²) in [5, 5.41) is 11.8. The van der Waals surface area contributed by atoms with E-state index in [0.29, 0.717) is 54.8 Å². The zero-order valence-corrected chi connectivity index (χ0v) is 22.5. The number of aliphatic hydroxyl groups is 1. The number of ether oxygens (including phenoxy) is 1. The van der Waals surface area contributed by atoms with E-state index in [2.05, 4.69) is 15.3 Å². The standard InChI is InChI=1S/C28H27ClF3N5O4/c29-17-11-21(25(26(31)32)34-13-17)27(39)35-19-4-1-16(2-5-19)15-36-23-12-18(30)3-7-22(23)37(28(36)40)24-8-6-20(14-33-24)41-10-9-38/h3,6-8,11-14,16,19,26,38H,1-2,4-5,9-10,15H2,(H,35,39)/t16-,19-. The topological polar surface area (TPSA) is 111 Å². The maximum atomic E-state index is 14.2. The number of fused-ring (bicyclic) bond motifs is 1. The van der Waals surface area contributed by atoms with Gasteiger partial charge in [-0.05, 0) is 68.0 Å². The number of aromatic nitrogens is 4. The summed E-state index contributed by atoms with van der Waals surface area (Å²) in [5.74, 6) is -0.295. The predicted molar refractivity (Wildman–Crippen MR) is 145 cm³/mol. The lowest BCUT2D eigenvalue weighted by atomic mass is 9.85. The molecule has 1 aliphatic rings. The van der Waals surface area contributed by atoms with Crippen LogP contribution in [0.2, 0.25) is 5.02 Å². The van der Waals surface area contributed by atoms with Crippen LogP contribution in [0.3, 0.4) is 0 Å². The van der Waals surface area contributed by atoms with Gasteiger partial charge in [-0.2, -0.15) is 0 Å². The van der Waals surface area contributed by atoms with E-state index in [1.807, 2.05) is 0 Å². The van der Waals surface area contributed by atoms with Crippen molar-refractivity contribution < 1.29 is 27.8 Å². The highest BCUT2D eigenvalue weighted by Gasteiger charge is 2.27. The van der Waals surface area contributed by atoms with Crippen molar-refractivity contribution in [1.29, 1.82) is 0 Å². The van der Waals surface area contributed by atoms with Crippen molar-refractivity contribution in [1.82, 2.24) is 24.4 Å². The number of carbonyl (C=O) groups is 1. The van der Waals surface area contributed by atoms with Crippen molar-refractivity contribution >= 4 is 28.5 Å². The monoisotopic (exact) mass is 589 g/mol. The molecule has 3 aromatic heterocycles. The number of alkyl halides is 2. The minimum Gasteiger partial charge on any atom is -0.490 e. The highest BCUT2D eigenvalue weighted by molar-refractivity contribution is 6.30. The SMILES string of the molecule is O=C(N[C@H]1CC[C@H](Cn2c(=O)n(-c3ccc(OCCO)cn3)c3ccc(F)cc32)CC1)c1cc(Cl)cnc1C(F)F. The van der Waals surface area contributed by atoms with Crippen molar-refractivity contribution in [3.8, 4) is 11.6 Å². The summed E-state index contributed by atoms with van der Waals surface area (Å²) in [4.78, 5) is 34.3. The predicted octanol–water partition coefficient (Wildman–Crippen LogP) is 4.67. The lowest BCUT2D eigenvalue weighted by molar-refractivity contribution is 0.0904. The van der Waals surface area contributed by atoms with Crippen LogP contribution >= 0.6 is 11.6 Å². The number of halogens is 4. The molecule has 1 aliphatic carbocycles. The van der Waals surface area contributed by atoms with Gasteiger partial charge >= 0.3 is 5.69 Å². The summed E-state index contributed by atoms with van der Waals surface area (Å²) in [6, 6.07) is 8.32. The van der Waals surface area contributed by atoms with Crippen molar-refractivity contribution in [2.24, 2.45) is 5.92 Å². The van der Waals surface area contributed by atoms with Gasteiger partial charge in [-0.15, -0.1) is 0 Å². The molecule has 1 saturated carbocycles. The van der Waals surface area contributed by atoms with Gasteiger partial charge < -0.3 is 15.2 Å². The van der Waals surface area contributed by atoms with Gasteiger partial charge in [0.25, 0.3) is 12.3 Å². The number of pyridine rings is 2. The molecule has 4 aromatic rings. The Balaban J connectivity index is 1.31. The van der Waals surface area contributed by atoms with Crippen LogP contribution in [0.5, 0.6) is 5.75 Å². The molecule has 0 bridgehead atoms. The van der Waals surface area contributed by atoms with E-state index < -0.39 is 23.8 Å². The summed E-state index contributed by atoms with van der Waals surface area (Å²) in [5.41, 5.74) is -0.312. The number of rotatable bonds is 9. The van der Waals surface area contributed by atoms with E-state index in [9.17, 15) is 22.8 Å². The molecule has 1 fully saturated rings. The van der Waals surface area contributed by atoms with Crippen molar-refractivity contribution in [2.45, 2.75) is 44.7 Å². The number of nitrogens with one attached hydrogen (secondary N) is 1. The number of aliphatic hydroxyl groups excluding tert-OH is 1. The van der Waals surface area contributed by atoms with Gasteiger partial charge in [0.1, 0.15) is 29.7 Å². The number of carbonyl (C=O) groups excluding carboxylic acids is 1. The Morgan fingerprint density at radius 1 is 1.10 bits per heavy atom. The summed E-state index contributed by atoms with van der Waals surface area (Å²) >= 11 is 5.88. The zero-order valence-electron chi connectivity index (χ0n) is 21.8. The Morgan fingerprint density at radius 2 is 1.88 bits per heavy atom. The van der Waals surface area contributed by atoms with Gasteiger partial charge in [-0.25, -0.2) is 27.5 Å². The summed E-state index contributed by atoms with van der Waals surface area (Å²) < 4.78 is 49.2. The van der Waals surface area contributed by atoms with Gasteiger partial charge in [-0.1, -0.05) is 11.6 Å². The van der Waals surface area contributed by atoms with Crippen LogP contribution in [0, 0.1) is 11.7 Å². The maximum absolute atomic E-state index is 14.2. The molecule has 0 saturated heterocycles. The number of amides is 1. The van der Waals surface area contributed by atoms with E-state index in [0.717, 1.165) is 6.20 Å². The van der Waals surface area contributed by atoms with Gasteiger partial charge in [0.15, 0.2) is 0 Å². The smallest absolute Gasteiger partial charge is 0.334 e. The molecule has 13 heteroatoms. The first-order chi connectivity index (χ1) is 19.7. The van der Waals surface area contributed by atoms with Crippen molar-refractivity contribution in [3.05, 3.63) is 81.4 Å². The summed E-state index contributed by atoms with van der Waals surface area (Å²) in [6.07, 6.45) is 2.08. The molecular weight excluding hydrogens is 563 g/mol. The van der Waals surface area contributed by atoms with Crippen LogP contribution in [0.1, 0.15) is 48.2 Å². The molecule has 0 atom stereocenters. The normalized spacial score (nSPS) is 17.2. The van der Waals surface area contributed by atoms with Gasteiger partial charge in [0.2, 0.25) is 0 Å². The van der Waals surface area contributed by atoms with E-state index in [1.54, 1.807) is 12.1 Å². The Bertz CT molecular complexity index is 1600. The number of hydrogen-bond donors (Lipinski definition) is 2. The van der Waals surface area contributed by atoms with E-state index >= 15 is 0 Å². The molecule has 9 nitrogen and oxygen atoms in total. The highest BCUT2D eigenvalue weighted by Crippen LogP contribution is 2.29. The molecule has 0 radical (unpaired) electrons.